The van der Waals surface area contributed by atoms with Gasteiger partial charge in [-0.25, -0.2) is 4.79 Å². The van der Waals surface area contributed by atoms with Crippen LogP contribution in [0, 0.1) is 0 Å². The summed E-state index contributed by atoms with van der Waals surface area (Å²) in [7, 11) is 0. The van der Waals surface area contributed by atoms with Crippen molar-refractivity contribution in [1.29, 1.82) is 0 Å². The SMILES string of the molecule is O=C(N[C@@H](CCO)C(=O)O)C1CCCO1. The van der Waals surface area contributed by atoms with Gasteiger partial charge in [0.25, 0.3) is 0 Å². The maximum absolute atomic E-state index is 11.5. The quantitative estimate of drug-likeness (QED) is 0.555. The standard InChI is InChI=1S/C9H15NO5/c11-4-3-6(9(13)14)10-8(12)7-2-1-5-15-7/h6-7,11H,1-5H2,(H,10,12)(H,13,14)/t6-,7?/m0/s1. The van der Waals surface area contributed by atoms with Crippen LogP contribution in [-0.2, 0) is 14.3 Å². The molecule has 86 valence electrons. The third-order valence-corrected chi connectivity index (χ3v) is 2.25. The van der Waals surface area contributed by atoms with Crippen molar-refractivity contribution in [3.05, 3.63) is 0 Å². The van der Waals surface area contributed by atoms with Gasteiger partial charge in [-0.3, -0.25) is 4.79 Å². The Bertz CT molecular complexity index is 237. The van der Waals surface area contributed by atoms with Crippen molar-refractivity contribution in [3.63, 3.8) is 0 Å². The lowest BCUT2D eigenvalue weighted by Gasteiger charge is -2.15. The number of aliphatic hydroxyl groups is 1. The number of carboxylic acids is 1. The topological polar surface area (TPSA) is 95.9 Å². The zero-order valence-electron chi connectivity index (χ0n) is 8.31. The summed E-state index contributed by atoms with van der Waals surface area (Å²) in [4.78, 5) is 22.1. The van der Waals surface area contributed by atoms with E-state index in [0.717, 1.165) is 6.42 Å². The molecule has 1 unspecified atom stereocenters. The van der Waals surface area contributed by atoms with Crippen molar-refractivity contribution in [2.45, 2.75) is 31.4 Å². The zero-order chi connectivity index (χ0) is 11.3. The second kappa shape index (κ2) is 5.67. The number of aliphatic hydroxyl groups excluding tert-OH is 1. The highest BCUT2D eigenvalue weighted by Gasteiger charge is 2.27. The van der Waals surface area contributed by atoms with Crippen LogP contribution in [0.3, 0.4) is 0 Å². The Hall–Kier alpha value is -1.14. The molecule has 0 aromatic heterocycles. The van der Waals surface area contributed by atoms with E-state index in [1.54, 1.807) is 0 Å². The number of aliphatic carboxylic acids is 1. The Morgan fingerprint density at radius 1 is 1.53 bits per heavy atom. The van der Waals surface area contributed by atoms with E-state index in [4.69, 9.17) is 14.9 Å². The predicted molar refractivity (Wildman–Crippen MR) is 50.2 cm³/mol. The van der Waals surface area contributed by atoms with Gasteiger partial charge in [0, 0.05) is 19.6 Å². The summed E-state index contributed by atoms with van der Waals surface area (Å²) >= 11 is 0. The maximum atomic E-state index is 11.5. The van der Waals surface area contributed by atoms with Gasteiger partial charge in [0.2, 0.25) is 5.91 Å². The van der Waals surface area contributed by atoms with E-state index in [2.05, 4.69) is 5.32 Å². The molecule has 3 N–H and O–H groups in total. The minimum Gasteiger partial charge on any atom is -0.480 e. The highest BCUT2D eigenvalue weighted by Crippen LogP contribution is 2.12. The molecule has 0 aromatic rings. The molecule has 1 rings (SSSR count). The molecular weight excluding hydrogens is 202 g/mol. The van der Waals surface area contributed by atoms with Crippen LogP contribution in [0.25, 0.3) is 0 Å². The molecule has 1 heterocycles. The van der Waals surface area contributed by atoms with Gasteiger partial charge in [-0.15, -0.1) is 0 Å². The van der Waals surface area contributed by atoms with Crippen LogP contribution in [-0.4, -0.2) is 47.4 Å². The minimum atomic E-state index is -1.14. The normalized spacial score (nSPS) is 22.3. The second-order valence-corrected chi connectivity index (χ2v) is 3.41. The fourth-order valence-corrected chi connectivity index (χ4v) is 1.44. The Morgan fingerprint density at radius 3 is 2.73 bits per heavy atom. The number of hydrogen-bond acceptors (Lipinski definition) is 4. The first-order valence-electron chi connectivity index (χ1n) is 4.90. The van der Waals surface area contributed by atoms with Crippen molar-refractivity contribution in [1.82, 2.24) is 5.32 Å². The molecule has 0 bridgehead atoms. The predicted octanol–water partition coefficient (Wildman–Crippen LogP) is -0.883. The molecule has 0 aliphatic carbocycles. The van der Waals surface area contributed by atoms with Gasteiger partial charge >= 0.3 is 5.97 Å². The van der Waals surface area contributed by atoms with Crippen molar-refractivity contribution in [2.24, 2.45) is 0 Å². The molecule has 0 spiro atoms. The Balaban J connectivity index is 2.42. The summed E-state index contributed by atoms with van der Waals surface area (Å²) in [5.41, 5.74) is 0. The van der Waals surface area contributed by atoms with E-state index >= 15 is 0 Å². The molecule has 2 atom stereocenters. The molecule has 1 saturated heterocycles. The monoisotopic (exact) mass is 217 g/mol. The van der Waals surface area contributed by atoms with Gasteiger partial charge in [-0.2, -0.15) is 0 Å². The third-order valence-electron chi connectivity index (χ3n) is 2.25. The summed E-state index contributed by atoms with van der Waals surface area (Å²) < 4.78 is 5.11. The summed E-state index contributed by atoms with van der Waals surface area (Å²) in [6, 6.07) is -1.04. The van der Waals surface area contributed by atoms with Crippen molar-refractivity contribution >= 4 is 11.9 Å². The van der Waals surface area contributed by atoms with Crippen LogP contribution < -0.4 is 5.32 Å². The molecule has 6 nitrogen and oxygen atoms in total. The molecule has 1 amide bonds. The number of nitrogens with one attached hydrogen (secondary N) is 1. The number of carboxylic acid groups (broad SMARTS) is 1. The fourth-order valence-electron chi connectivity index (χ4n) is 1.44. The first-order valence-corrected chi connectivity index (χ1v) is 4.90. The number of carbonyl (C=O) groups excluding carboxylic acids is 1. The van der Waals surface area contributed by atoms with E-state index in [0.29, 0.717) is 13.0 Å². The summed E-state index contributed by atoms with van der Waals surface area (Å²) in [5, 5.41) is 19.7. The Morgan fingerprint density at radius 2 is 2.27 bits per heavy atom. The van der Waals surface area contributed by atoms with E-state index in [9.17, 15) is 9.59 Å². The number of hydrogen-bond donors (Lipinski definition) is 3. The molecule has 1 aliphatic heterocycles. The van der Waals surface area contributed by atoms with Crippen molar-refractivity contribution in [2.75, 3.05) is 13.2 Å². The van der Waals surface area contributed by atoms with Crippen LogP contribution in [0.15, 0.2) is 0 Å². The average Bonchev–Trinajstić information content (AvgIpc) is 2.69. The summed E-state index contributed by atoms with van der Waals surface area (Å²) in [5.74, 6) is -1.55. The van der Waals surface area contributed by atoms with E-state index in [1.165, 1.54) is 0 Å². The number of amides is 1. The van der Waals surface area contributed by atoms with E-state index in [1.807, 2.05) is 0 Å². The fraction of sp³-hybridized carbons (Fsp3) is 0.778. The summed E-state index contributed by atoms with van der Waals surface area (Å²) in [6.45, 7) is 0.262. The van der Waals surface area contributed by atoms with Gasteiger partial charge in [-0.1, -0.05) is 0 Å². The van der Waals surface area contributed by atoms with E-state index < -0.39 is 24.0 Å². The molecule has 15 heavy (non-hydrogen) atoms. The van der Waals surface area contributed by atoms with Crippen LogP contribution in [0.4, 0.5) is 0 Å². The zero-order valence-corrected chi connectivity index (χ0v) is 8.31. The molecule has 1 aliphatic rings. The minimum absolute atomic E-state index is 0.00773. The smallest absolute Gasteiger partial charge is 0.326 e. The molecule has 0 aromatic carbocycles. The van der Waals surface area contributed by atoms with Crippen molar-refractivity contribution < 1.29 is 24.5 Å². The Labute approximate surface area is 87.2 Å². The molecule has 6 heteroatoms. The summed E-state index contributed by atoms with van der Waals surface area (Å²) in [6.07, 6.45) is 0.909. The largest absolute Gasteiger partial charge is 0.480 e. The number of ether oxygens (including phenoxy) is 1. The Kier molecular flexibility index (Phi) is 4.51. The third kappa shape index (κ3) is 3.49. The number of rotatable bonds is 5. The first-order chi connectivity index (χ1) is 7.15. The lowest BCUT2D eigenvalue weighted by atomic mass is 10.2. The van der Waals surface area contributed by atoms with Crippen LogP contribution >= 0.6 is 0 Å². The average molecular weight is 217 g/mol. The highest BCUT2D eigenvalue weighted by molar-refractivity contribution is 5.86. The first kappa shape index (κ1) is 11.9. The second-order valence-electron chi connectivity index (χ2n) is 3.41. The van der Waals surface area contributed by atoms with Crippen molar-refractivity contribution in [3.8, 4) is 0 Å². The van der Waals surface area contributed by atoms with Gasteiger partial charge in [0.05, 0.1) is 0 Å². The van der Waals surface area contributed by atoms with Gasteiger partial charge in [0.15, 0.2) is 0 Å². The van der Waals surface area contributed by atoms with Crippen LogP contribution in [0.2, 0.25) is 0 Å². The maximum Gasteiger partial charge on any atom is 0.326 e. The molecule has 1 fully saturated rings. The molecule has 0 saturated carbocycles. The van der Waals surface area contributed by atoms with E-state index in [-0.39, 0.29) is 13.0 Å². The van der Waals surface area contributed by atoms with Gasteiger partial charge in [0.1, 0.15) is 12.1 Å². The lowest BCUT2D eigenvalue weighted by Crippen LogP contribution is -2.45. The van der Waals surface area contributed by atoms with Gasteiger partial charge in [-0.05, 0) is 12.8 Å². The molecular formula is C9H15NO5. The molecule has 0 radical (unpaired) electrons. The highest BCUT2D eigenvalue weighted by atomic mass is 16.5. The lowest BCUT2D eigenvalue weighted by molar-refractivity contribution is -0.144. The van der Waals surface area contributed by atoms with Crippen LogP contribution in [0.5, 0.6) is 0 Å². The van der Waals surface area contributed by atoms with Gasteiger partial charge < -0.3 is 20.3 Å². The number of carbonyl (C=O) groups is 2. The van der Waals surface area contributed by atoms with Crippen LogP contribution in [0.1, 0.15) is 19.3 Å².